The van der Waals surface area contributed by atoms with Crippen LogP contribution < -0.4 is 9.46 Å². The van der Waals surface area contributed by atoms with Gasteiger partial charge in [-0.2, -0.15) is 0 Å². The van der Waals surface area contributed by atoms with Crippen molar-refractivity contribution in [2.45, 2.75) is 0 Å². The summed E-state index contributed by atoms with van der Waals surface area (Å²) < 4.78 is 32.2. The molecule has 3 aromatic heterocycles. The third-order valence-corrected chi connectivity index (χ3v) is 4.09. The highest BCUT2D eigenvalue weighted by atomic mass is 32.2. The van der Waals surface area contributed by atoms with Crippen molar-refractivity contribution in [2.24, 2.45) is 0 Å². The Morgan fingerprint density at radius 1 is 1.24 bits per heavy atom. The molecule has 9 nitrogen and oxygen atoms in total. The smallest absolute Gasteiger partial charge is 0.255 e. The summed E-state index contributed by atoms with van der Waals surface area (Å²) in [6.07, 6.45) is 1.62. The molecule has 0 aliphatic carbocycles. The average molecular weight is 358 g/mol. The molecular weight excluding hydrogens is 344 g/mol. The summed E-state index contributed by atoms with van der Waals surface area (Å²) in [5.41, 5.74) is 1.14. The van der Waals surface area contributed by atoms with Crippen molar-refractivity contribution < 1.29 is 13.2 Å². The lowest BCUT2D eigenvalue weighted by Gasteiger charge is -2.05. The number of sulfonamides is 1. The lowest BCUT2D eigenvalue weighted by Crippen LogP contribution is -2.10. The van der Waals surface area contributed by atoms with Crippen molar-refractivity contribution in [3.63, 3.8) is 0 Å². The topological polar surface area (TPSA) is 112 Å². The van der Waals surface area contributed by atoms with Crippen LogP contribution in [0.15, 0.2) is 54.6 Å². The van der Waals surface area contributed by atoms with Gasteiger partial charge >= 0.3 is 0 Å². The molecular formula is C15H14N6O3S. The van der Waals surface area contributed by atoms with Gasteiger partial charge in [0, 0.05) is 23.7 Å². The highest BCUT2D eigenvalue weighted by molar-refractivity contribution is 7.95. The SMILES string of the molecule is C=CS(=O)(=O)Nc1cc(-c2ccccn2)n(-c2ccc(OC)nn2)n1. The lowest BCUT2D eigenvalue weighted by atomic mass is 10.2. The summed E-state index contributed by atoms with van der Waals surface area (Å²) >= 11 is 0. The van der Waals surface area contributed by atoms with Crippen molar-refractivity contribution in [1.29, 1.82) is 0 Å². The standard InChI is InChI=1S/C15H14N6O3S/c1-3-25(22,23)20-13-10-12(11-6-4-5-9-16-11)21(19-13)14-7-8-15(24-2)18-17-14/h3-10H,1H2,2H3,(H,19,20). The second-order valence-electron chi connectivity index (χ2n) is 4.79. The van der Waals surface area contributed by atoms with Gasteiger partial charge in [-0.3, -0.25) is 9.71 Å². The molecule has 0 aliphatic rings. The molecule has 0 spiro atoms. The van der Waals surface area contributed by atoms with Gasteiger partial charge in [0.25, 0.3) is 10.0 Å². The molecule has 1 N–H and O–H groups in total. The Bertz CT molecular complexity index is 984. The van der Waals surface area contributed by atoms with Gasteiger partial charge in [-0.25, -0.2) is 13.1 Å². The van der Waals surface area contributed by atoms with Gasteiger partial charge < -0.3 is 4.74 Å². The van der Waals surface area contributed by atoms with Crippen molar-refractivity contribution in [3.05, 3.63) is 54.6 Å². The van der Waals surface area contributed by atoms with E-state index in [4.69, 9.17) is 4.74 Å². The summed E-state index contributed by atoms with van der Waals surface area (Å²) in [4.78, 5) is 4.27. The van der Waals surface area contributed by atoms with Crippen LogP contribution in [0.3, 0.4) is 0 Å². The van der Waals surface area contributed by atoms with E-state index in [-0.39, 0.29) is 5.82 Å². The van der Waals surface area contributed by atoms with Crippen LogP contribution in [0.1, 0.15) is 0 Å². The van der Waals surface area contributed by atoms with Crippen LogP contribution in [0.4, 0.5) is 5.82 Å². The Morgan fingerprint density at radius 2 is 2.08 bits per heavy atom. The van der Waals surface area contributed by atoms with Crippen LogP contribution in [0.5, 0.6) is 5.88 Å². The third-order valence-electron chi connectivity index (χ3n) is 3.16. The van der Waals surface area contributed by atoms with Gasteiger partial charge in [0.05, 0.1) is 18.5 Å². The molecule has 128 valence electrons. The van der Waals surface area contributed by atoms with Crippen LogP contribution in [-0.4, -0.2) is 40.5 Å². The van der Waals surface area contributed by atoms with Crippen molar-refractivity contribution in [3.8, 4) is 23.1 Å². The van der Waals surface area contributed by atoms with Gasteiger partial charge in [-0.1, -0.05) is 12.6 Å². The number of rotatable bonds is 6. The second kappa shape index (κ2) is 6.69. The molecule has 0 radical (unpaired) electrons. The molecule has 0 aliphatic heterocycles. The van der Waals surface area contributed by atoms with E-state index in [9.17, 15) is 8.42 Å². The minimum absolute atomic E-state index is 0.109. The number of ether oxygens (including phenoxy) is 1. The monoisotopic (exact) mass is 358 g/mol. The minimum atomic E-state index is -3.69. The quantitative estimate of drug-likeness (QED) is 0.712. The Balaban J connectivity index is 2.11. The zero-order chi connectivity index (χ0) is 17.9. The van der Waals surface area contributed by atoms with Gasteiger partial charge in [0.1, 0.15) is 0 Å². The number of anilines is 1. The summed E-state index contributed by atoms with van der Waals surface area (Å²) in [5, 5.41) is 13.0. The Labute approximate surface area is 144 Å². The molecule has 3 heterocycles. The third kappa shape index (κ3) is 3.63. The predicted octanol–water partition coefficient (Wildman–Crippen LogP) is 1.62. The Morgan fingerprint density at radius 3 is 2.68 bits per heavy atom. The predicted molar refractivity (Wildman–Crippen MR) is 91.7 cm³/mol. The van der Waals surface area contributed by atoms with E-state index in [1.54, 1.807) is 36.5 Å². The number of nitrogens with one attached hydrogen (secondary N) is 1. The maximum absolute atomic E-state index is 11.7. The molecule has 0 aromatic carbocycles. The van der Waals surface area contributed by atoms with Gasteiger partial charge in [-0.05, 0) is 18.2 Å². The zero-order valence-electron chi connectivity index (χ0n) is 13.2. The first-order valence-corrected chi connectivity index (χ1v) is 8.62. The number of methoxy groups -OCH3 is 1. The minimum Gasteiger partial charge on any atom is -0.480 e. The van der Waals surface area contributed by atoms with Crippen LogP contribution >= 0.6 is 0 Å². The van der Waals surface area contributed by atoms with Gasteiger partial charge in [-0.15, -0.1) is 15.3 Å². The highest BCUT2D eigenvalue weighted by Crippen LogP contribution is 2.24. The van der Waals surface area contributed by atoms with Crippen molar-refractivity contribution in [1.82, 2.24) is 25.0 Å². The fraction of sp³-hybridized carbons (Fsp3) is 0.0667. The summed E-state index contributed by atoms with van der Waals surface area (Å²) in [5.74, 6) is 0.839. The Kier molecular flexibility index (Phi) is 4.44. The normalized spacial score (nSPS) is 11.1. The number of hydrogen-bond donors (Lipinski definition) is 1. The number of hydrogen-bond acceptors (Lipinski definition) is 7. The first-order chi connectivity index (χ1) is 12.0. The summed E-state index contributed by atoms with van der Waals surface area (Å²) in [6.45, 7) is 3.26. The van der Waals surface area contributed by atoms with Crippen LogP contribution in [0.25, 0.3) is 17.2 Å². The van der Waals surface area contributed by atoms with Crippen LogP contribution in [-0.2, 0) is 10.0 Å². The number of aromatic nitrogens is 5. The molecule has 0 fully saturated rings. The van der Waals surface area contributed by atoms with E-state index in [1.165, 1.54) is 11.8 Å². The van der Waals surface area contributed by atoms with Crippen LogP contribution in [0, 0.1) is 0 Å². The molecule has 0 amide bonds. The molecule has 0 saturated carbocycles. The summed E-state index contributed by atoms with van der Waals surface area (Å²) in [7, 11) is -2.20. The molecule has 0 bridgehead atoms. The van der Waals surface area contributed by atoms with E-state index < -0.39 is 10.0 Å². The molecule has 25 heavy (non-hydrogen) atoms. The number of pyridine rings is 1. The highest BCUT2D eigenvalue weighted by Gasteiger charge is 2.16. The average Bonchev–Trinajstić information content (AvgIpc) is 3.05. The largest absolute Gasteiger partial charge is 0.480 e. The molecule has 0 saturated heterocycles. The molecule has 0 unspecified atom stereocenters. The van der Waals surface area contributed by atoms with E-state index in [2.05, 4.69) is 31.6 Å². The second-order valence-corrected chi connectivity index (χ2v) is 6.42. The molecule has 10 heteroatoms. The molecule has 0 atom stereocenters. The lowest BCUT2D eigenvalue weighted by molar-refractivity contribution is 0.391. The maximum Gasteiger partial charge on any atom is 0.255 e. The van der Waals surface area contributed by atoms with Gasteiger partial charge in [0.15, 0.2) is 11.6 Å². The first-order valence-electron chi connectivity index (χ1n) is 7.07. The van der Waals surface area contributed by atoms with Gasteiger partial charge in [0.2, 0.25) is 5.88 Å². The van der Waals surface area contributed by atoms with E-state index in [0.717, 1.165) is 5.41 Å². The first kappa shape index (κ1) is 16.6. The van der Waals surface area contributed by atoms with Crippen molar-refractivity contribution in [2.75, 3.05) is 11.8 Å². The fourth-order valence-corrected chi connectivity index (χ4v) is 2.50. The molecule has 3 rings (SSSR count). The summed E-state index contributed by atoms with van der Waals surface area (Å²) in [6, 6.07) is 10.2. The fourth-order valence-electron chi connectivity index (χ4n) is 2.02. The van der Waals surface area contributed by atoms with Crippen molar-refractivity contribution >= 4 is 15.8 Å². The Hall–Kier alpha value is -3.27. The van der Waals surface area contributed by atoms with E-state index in [0.29, 0.717) is 23.1 Å². The van der Waals surface area contributed by atoms with E-state index in [1.807, 2.05) is 6.07 Å². The molecule has 3 aromatic rings. The van der Waals surface area contributed by atoms with Crippen LogP contribution in [0.2, 0.25) is 0 Å². The van der Waals surface area contributed by atoms with E-state index >= 15 is 0 Å². The maximum atomic E-state index is 11.7. The zero-order valence-corrected chi connectivity index (χ0v) is 14.0. The number of nitrogens with zero attached hydrogens (tertiary/aromatic N) is 5.